The summed E-state index contributed by atoms with van der Waals surface area (Å²) in [5.41, 5.74) is 3.30. The molecule has 0 aliphatic carbocycles. The second-order valence-electron chi connectivity index (χ2n) is 13.4. The van der Waals surface area contributed by atoms with Crippen LogP contribution in [-0.2, 0) is 31.9 Å². The fourth-order valence-corrected chi connectivity index (χ4v) is 5.84. The van der Waals surface area contributed by atoms with Gasteiger partial charge in [0.15, 0.2) is 5.60 Å². The Bertz CT molecular complexity index is 1170. The van der Waals surface area contributed by atoms with Crippen LogP contribution in [0.15, 0.2) is 60.2 Å². The number of carbonyl (C=O) groups excluding carboxylic acids is 2. The first-order valence-corrected chi connectivity index (χ1v) is 16.5. The Morgan fingerprint density at radius 2 is 1.55 bits per heavy atom. The van der Waals surface area contributed by atoms with Gasteiger partial charge in [0, 0.05) is 18.4 Å². The van der Waals surface area contributed by atoms with E-state index in [4.69, 9.17) is 14.2 Å². The van der Waals surface area contributed by atoms with Crippen molar-refractivity contribution in [3.05, 3.63) is 76.9 Å². The van der Waals surface area contributed by atoms with E-state index in [2.05, 4.69) is 71.0 Å². The molecule has 44 heavy (non-hydrogen) atoms. The highest BCUT2D eigenvalue weighted by molar-refractivity contribution is 5.91. The number of hydrogen-bond donors (Lipinski definition) is 1. The van der Waals surface area contributed by atoms with E-state index in [1.165, 1.54) is 16.7 Å². The van der Waals surface area contributed by atoms with Crippen LogP contribution in [0.1, 0.15) is 95.8 Å². The highest BCUT2D eigenvalue weighted by Crippen LogP contribution is 2.33. The Hall–Kier alpha value is -3.12. The van der Waals surface area contributed by atoms with E-state index in [1.54, 1.807) is 0 Å². The van der Waals surface area contributed by atoms with Gasteiger partial charge in [-0.15, -0.1) is 0 Å². The summed E-state index contributed by atoms with van der Waals surface area (Å²) in [5, 5.41) is 10.0. The van der Waals surface area contributed by atoms with Crippen LogP contribution in [0.3, 0.4) is 0 Å². The van der Waals surface area contributed by atoms with Crippen molar-refractivity contribution in [2.75, 3.05) is 19.8 Å². The van der Waals surface area contributed by atoms with E-state index >= 15 is 0 Å². The molecule has 0 unspecified atom stereocenters. The van der Waals surface area contributed by atoms with Gasteiger partial charge in [-0.25, -0.2) is 4.79 Å². The monoisotopic (exact) mass is 606 g/mol. The van der Waals surface area contributed by atoms with Crippen molar-refractivity contribution in [2.24, 2.45) is 17.8 Å². The highest BCUT2D eigenvalue weighted by Gasteiger charge is 2.44. The molecule has 0 radical (unpaired) electrons. The minimum absolute atomic E-state index is 0.128. The standard InChI is InChI=1S/C38H54O6/c1-28(2)23-33(24-29(3)4)16-19-34-25-38(26-39,44-37(34)41)27-43-36(40)9-7-6-8-22-42-35-20-17-32(18-21-35)15-14-31-12-10-30(5)11-13-31/h10-13,17-21,28-29,33,39H,6-9,14-16,22-27H2,1-5H3/b34-19+/t38-/m1/s1. The predicted octanol–water partition coefficient (Wildman–Crippen LogP) is 7.97. The molecule has 1 heterocycles. The summed E-state index contributed by atoms with van der Waals surface area (Å²) < 4.78 is 16.9. The number of benzene rings is 2. The maximum Gasteiger partial charge on any atom is 0.334 e. The summed E-state index contributed by atoms with van der Waals surface area (Å²) in [6.07, 6.45) is 9.91. The molecule has 0 bridgehead atoms. The van der Waals surface area contributed by atoms with Gasteiger partial charge >= 0.3 is 11.9 Å². The van der Waals surface area contributed by atoms with Crippen LogP contribution < -0.4 is 4.74 Å². The van der Waals surface area contributed by atoms with Crippen molar-refractivity contribution in [3.8, 4) is 5.75 Å². The normalized spacial score (nSPS) is 17.6. The maximum absolute atomic E-state index is 12.6. The van der Waals surface area contributed by atoms with Crippen molar-refractivity contribution in [1.29, 1.82) is 0 Å². The molecule has 1 saturated heterocycles. The molecule has 3 rings (SSSR count). The molecule has 1 fully saturated rings. The molecular weight excluding hydrogens is 552 g/mol. The molecule has 6 heteroatoms. The molecule has 2 aromatic rings. The van der Waals surface area contributed by atoms with Gasteiger partial charge in [-0.05, 0) is 99.3 Å². The molecule has 0 aromatic heterocycles. The second-order valence-corrected chi connectivity index (χ2v) is 13.4. The van der Waals surface area contributed by atoms with E-state index in [9.17, 15) is 14.7 Å². The number of allylic oxidation sites excluding steroid dienone is 1. The Labute approximate surface area is 265 Å². The number of unbranched alkanes of at least 4 members (excludes halogenated alkanes) is 2. The lowest BCUT2D eigenvalue weighted by Gasteiger charge is -2.24. The van der Waals surface area contributed by atoms with Gasteiger partial charge in [-0.1, -0.05) is 75.7 Å². The molecule has 1 atom stereocenters. The fourth-order valence-electron chi connectivity index (χ4n) is 5.84. The number of rotatable bonds is 19. The van der Waals surface area contributed by atoms with Gasteiger partial charge in [0.1, 0.15) is 12.4 Å². The number of aryl methyl sites for hydroxylation is 3. The van der Waals surface area contributed by atoms with Gasteiger partial charge in [-0.2, -0.15) is 0 Å². The largest absolute Gasteiger partial charge is 0.494 e. The predicted molar refractivity (Wildman–Crippen MR) is 176 cm³/mol. The van der Waals surface area contributed by atoms with Gasteiger partial charge in [0.2, 0.25) is 0 Å². The zero-order chi connectivity index (χ0) is 32.0. The Morgan fingerprint density at radius 3 is 2.14 bits per heavy atom. The first-order valence-electron chi connectivity index (χ1n) is 16.5. The fraction of sp³-hybridized carbons (Fsp3) is 0.579. The summed E-state index contributed by atoms with van der Waals surface area (Å²) in [6, 6.07) is 17.0. The molecule has 1 aliphatic rings. The van der Waals surface area contributed by atoms with Crippen LogP contribution in [0.25, 0.3) is 0 Å². The van der Waals surface area contributed by atoms with Crippen molar-refractivity contribution in [2.45, 2.75) is 104 Å². The molecule has 0 saturated carbocycles. The number of ether oxygens (including phenoxy) is 3. The summed E-state index contributed by atoms with van der Waals surface area (Å²) in [4.78, 5) is 25.0. The Morgan fingerprint density at radius 1 is 0.932 bits per heavy atom. The highest BCUT2D eigenvalue weighted by atomic mass is 16.6. The third-order valence-corrected chi connectivity index (χ3v) is 8.22. The molecule has 2 aromatic carbocycles. The molecule has 242 valence electrons. The number of aliphatic hydroxyl groups excluding tert-OH is 1. The lowest BCUT2D eigenvalue weighted by molar-refractivity contribution is -0.166. The number of esters is 2. The van der Waals surface area contributed by atoms with Crippen LogP contribution in [0.5, 0.6) is 5.75 Å². The first-order chi connectivity index (χ1) is 21.1. The van der Waals surface area contributed by atoms with Crippen molar-refractivity contribution >= 4 is 11.9 Å². The Kier molecular flexibility index (Phi) is 14.5. The molecule has 0 amide bonds. The molecule has 6 nitrogen and oxygen atoms in total. The minimum atomic E-state index is -1.19. The van der Waals surface area contributed by atoms with Crippen LogP contribution in [-0.4, -0.2) is 42.5 Å². The van der Waals surface area contributed by atoms with E-state index < -0.39 is 11.6 Å². The summed E-state index contributed by atoms with van der Waals surface area (Å²) in [5.74, 6) is 1.78. The summed E-state index contributed by atoms with van der Waals surface area (Å²) in [6.45, 7) is 11.1. The smallest absolute Gasteiger partial charge is 0.334 e. The van der Waals surface area contributed by atoms with E-state index in [-0.39, 0.29) is 32.0 Å². The average molecular weight is 607 g/mol. The lowest BCUT2D eigenvalue weighted by Crippen LogP contribution is -2.39. The van der Waals surface area contributed by atoms with E-state index in [1.807, 2.05) is 18.2 Å². The summed E-state index contributed by atoms with van der Waals surface area (Å²) >= 11 is 0. The van der Waals surface area contributed by atoms with Gasteiger partial charge in [-0.3, -0.25) is 4.79 Å². The molecule has 1 N–H and O–H groups in total. The Balaban J connectivity index is 1.31. The van der Waals surface area contributed by atoms with Crippen molar-refractivity contribution in [1.82, 2.24) is 0 Å². The second kappa shape index (κ2) is 18.0. The first kappa shape index (κ1) is 35.4. The number of hydrogen-bond acceptors (Lipinski definition) is 6. The third kappa shape index (κ3) is 12.5. The van der Waals surface area contributed by atoms with Crippen LogP contribution in [0.4, 0.5) is 0 Å². The molecule has 1 aliphatic heterocycles. The van der Waals surface area contributed by atoms with Crippen LogP contribution in [0, 0.1) is 24.7 Å². The third-order valence-electron chi connectivity index (χ3n) is 8.22. The van der Waals surface area contributed by atoms with E-state index in [0.717, 1.165) is 50.7 Å². The summed E-state index contributed by atoms with van der Waals surface area (Å²) in [7, 11) is 0. The lowest BCUT2D eigenvalue weighted by atomic mass is 9.86. The number of carbonyl (C=O) groups is 2. The topological polar surface area (TPSA) is 82.1 Å². The van der Waals surface area contributed by atoms with Gasteiger partial charge < -0.3 is 19.3 Å². The number of cyclic esters (lactones) is 1. The van der Waals surface area contributed by atoms with Gasteiger partial charge in [0.25, 0.3) is 0 Å². The maximum atomic E-state index is 12.6. The van der Waals surface area contributed by atoms with Crippen LogP contribution >= 0.6 is 0 Å². The van der Waals surface area contributed by atoms with Crippen molar-refractivity contribution in [3.63, 3.8) is 0 Å². The number of aliphatic hydroxyl groups is 1. The van der Waals surface area contributed by atoms with E-state index in [0.29, 0.717) is 36.4 Å². The molecular formula is C38H54O6. The SMILES string of the molecule is Cc1ccc(CCc2ccc(OCCCCCC(=O)OC[C@]3(CO)C/C(=C\CC(CC(C)C)CC(C)C)C(=O)O3)cc2)cc1. The quantitative estimate of drug-likeness (QED) is 0.0992. The van der Waals surface area contributed by atoms with Crippen molar-refractivity contribution < 1.29 is 28.9 Å². The average Bonchev–Trinajstić information content (AvgIpc) is 3.32. The zero-order valence-corrected chi connectivity index (χ0v) is 27.6. The van der Waals surface area contributed by atoms with Gasteiger partial charge in [0.05, 0.1) is 13.2 Å². The molecule has 0 spiro atoms. The zero-order valence-electron chi connectivity index (χ0n) is 27.6. The van der Waals surface area contributed by atoms with Crippen LogP contribution in [0.2, 0.25) is 0 Å². The minimum Gasteiger partial charge on any atom is -0.494 e.